The summed E-state index contributed by atoms with van der Waals surface area (Å²) in [4.78, 5) is 7.18. The van der Waals surface area contributed by atoms with Crippen molar-refractivity contribution in [3.05, 3.63) is 54.7 Å². The summed E-state index contributed by atoms with van der Waals surface area (Å²) in [7, 11) is -1.09. The molecule has 0 spiro atoms. The van der Waals surface area contributed by atoms with Gasteiger partial charge in [-0.2, -0.15) is 15.5 Å². The Labute approximate surface area is 230 Å². The molecule has 2 aliphatic heterocycles. The van der Waals surface area contributed by atoms with E-state index >= 15 is 0 Å². The lowest BCUT2D eigenvalue weighted by atomic mass is 10.0. The van der Waals surface area contributed by atoms with Crippen LogP contribution < -0.4 is 10.2 Å². The monoisotopic (exact) mass is 541 g/mol. The van der Waals surface area contributed by atoms with Crippen LogP contribution in [0.15, 0.2) is 53.5 Å². The quantitative estimate of drug-likeness (QED) is 0.383. The summed E-state index contributed by atoms with van der Waals surface area (Å²) in [6, 6.07) is 9.44. The van der Waals surface area contributed by atoms with Crippen molar-refractivity contribution in [1.82, 2.24) is 29.7 Å². The number of anilines is 1. The Morgan fingerprint density at radius 3 is 2.49 bits per heavy atom. The molecule has 10 heteroatoms. The Bertz CT molecular complexity index is 1630. The van der Waals surface area contributed by atoms with Gasteiger partial charge in [-0.1, -0.05) is 5.87 Å². The van der Waals surface area contributed by atoms with Gasteiger partial charge in [0.15, 0.2) is 0 Å². The van der Waals surface area contributed by atoms with E-state index in [0.29, 0.717) is 17.6 Å². The minimum absolute atomic E-state index is 0.393. The number of rotatable bonds is 5. The molecule has 1 N–H and O–H groups in total. The van der Waals surface area contributed by atoms with Crippen LogP contribution in [0.3, 0.4) is 0 Å². The van der Waals surface area contributed by atoms with Gasteiger partial charge in [-0.3, -0.25) is 9.04 Å². The molecule has 6 rings (SSSR count). The Balaban J connectivity index is 1.30. The average Bonchev–Trinajstić information content (AvgIpc) is 3.60. The minimum atomic E-state index is -1.09. The van der Waals surface area contributed by atoms with E-state index in [-0.39, 0.29) is 0 Å². The maximum Gasteiger partial charge on any atom is 0.128 e. The fourth-order valence-electron chi connectivity index (χ4n) is 5.68. The van der Waals surface area contributed by atoms with Crippen molar-refractivity contribution >= 4 is 26.6 Å². The fraction of sp³-hybridized carbons (Fsp3) is 0.414. The molecule has 2 aliphatic rings. The van der Waals surface area contributed by atoms with Gasteiger partial charge in [0.2, 0.25) is 0 Å². The van der Waals surface area contributed by atoms with E-state index in [0.717, 1.165) is 85.5 Å². The molecule has 2 saturated heterocycles. The highest BCUT2D eigenvalue weighted by Crippen LogP contribution is 2.33. The maximum atomic E-state index is 9.78. The SMILES string of the molecule is C=S(C)(C)=NC1CCN(c2ccc(-c3cc(-c4cnn(C5CCNCC5)c4)cn4ncc(C#N)c34)cn2)CC1. The molecular weight excluding hydrogens is 506 g/mol. The standard InChI is InChI=1S/C29H35N9S/c1-39(2,3)35-25-8-12-36(13-9-25)28-5-4-21(16-32-28)27-14-22(19-38-29(27)23(15-30)17-34-38)24-18-33-37(20-24)26-6-10-31-11-7-26/h4-5,14,16-20,25-26,31H,1,6-13H2,2-3H3. The predicted molar refractivity (Wildman–Crippen MR) is 159 cm³/mol. The summed E-state index contributed by atoms with van der Waals surface area (Å²) in [5.74, 6) is 5.19. The second-order valence-corrected chi connectivity index (χ2v) is 14.2. The molecule has 0 saturated carbocycles. The molecule has 0 atom stereocenters. The number of pyridine rings is 2. The van der Waals surface area contributed by atoms with Gasteiger partial charge in [0.25, 0.3) is 0 Å². The van der Waals surface area contributed by atoms with E-state index in [1.54, 1.807) is 10.7 Å². The topological polar surface area (TPSA) is 99.4 Å². The number of nitrogens with zero attached hydrogens (tertiary/aromatic N) is 8. The Morgan fingerprint density at radius 2 is 1.79 bits per heavy atom. The van der Waals surface area contributed by atoms with Crippen LogP contribution in [0, 0.1) is 11.3 Å². The van der Waals surface area contributed by atoms with Crippen molar-refractivity contribution in [2.75, 3.05) is 43.6 Å². The van der Waals surface area contributed by atoms with Crippen molar-refractivity contribution in [1.29, 1.82) is 5.26 Å². The van der Waals surface area contributed by atoms with E-state index in [4.69, 9.17) is 9.35 Å². The minimum Gasteiger partial charge on any atom is -0.356 e. The second-order valence-electron chi connectivity index (χ2n) is 11.0. The van der Waals surface area contributed by atoms with Gasteiger partial charge in [-0.25, -0.2) is 9.50 Å². The molecule has 6 heterocycles. The number of hydrogen-bond acceptors (Lipinski definition) is 7. The van der Waals surface area contributed by atoms with Gasteiger partial charge < -0.3 is 10.2 Å². The zero-order valence-corrected chi connectivity index (χ0v) is 23.4. The van der Waals surface area contributed by atoms with Crippen molar-refractivity contribution in [3.63, 3.8) is 0 Å². The van der Waals surface area contributed by atoms with Gasteiger partial charge in [-0.15, -0.1) is 9.41 Å². The van der Waals surface area contributed by atoms with Gasteiger partial charge in [0.1, 0.15) is 11.9 Å². The van der Waals surface area contributed by atoms with Crippen molar-refractivity contribution in [2.24, 2.45) is 4.36 Å². The van der Waals surface area contributed by atoms with Crippen molar-refractivity contribution in [3.8, 4) is 28.3 Å². The molecule has 2 fully saturated rings. The van der Waals surface area contributed by atoms with E-state index in [2.05, 4.69) is 73.9 Å². The van der Waals surface area contributed by atoms with Gasteiger partial charge in [-0.05, 0) is 69.5 Å². The Kier molecular flexibility index (Phi) is 6.87. The highest BCUT2D eigenvalue weighted by molar-refractivity contribution is 8.01. The molecule has 39 heavy (non-hydrogen) atoms. The van der Waals surface area contributed by atoms with E-state index in [9.17, 15) is 5.26 Å². The molecule has 0 aromatic carbocycles. The van der Waals surface area contributed by atoms with Gasteiger partial charge in [0, 0.05) is 53.9 Å². The normalized spacial score (nSPS) is 17.4. The lowest BCUT2D eigenvalue weighted by Crippen LogP contribution is -2.36. The van der Waals surface area contributed by atoms with Crippen LogP contribution in [0.4, 0.5) is 5.82 Å². The maximum absolute atomic E-state index is 9.78. The van der Waals surface area contributed by atoms with Crippen LogP contribution in [0.2, 0.25) is 0 Å². The lowest BCUT2D eigenvalue weighted by Gasteiger charge is -2.31. The van der Waals surface area contributed by atoms with E-state index in [1.165, 1.54) is 0 Å². The summed E-state index contributed by atoms with van der Waals surface area (Å²) in [6.45, 7) is 3.92. The number of nitrogens with one attached hydrogen (secondary N) is 1. The van der Waals surface area contributed by atoms with Crippen LogP contribution in [0.5, 0.6) is 0 Å². The average molecular weight is 542 g/mol. The predicted octanol–water partition coefficient (Wildman–Crippen LogP) is 4.05. The highest BCUT2D eigenvalue weighted by Gasteiger charge is 2.21. The number of aromatic nitrogens is 5. The molecule has 0 unspecified atom stereocenters. The van der Waals surface area contributed by atoms with Crippen molar-refractivity contribution < 1.29 is 0 Å². The van der Waals surface area contributed by atoms with Gasteiger partial charge in [0.05, 0.1) is 35.6 Å². The largest absolute Gasteiger partial charge is 0.356 e. The molecule has 4 aromatic rings. The molecule has 9 nitrogen and oxygen atoms in total. The summed E-state index contributed by atoms with van der Waals surface area (Å²) in [5, 5.41) is 22.4. The number of nitriles is 1. The third kappa shape index (κ3) is 5.42. The molecule has 0 aliphatic carbocycles. The fourth-order valence-corrected chi connectivity index (χ4v) is 6.69. The number of fused-ring (bicyclic) bond motifs is 1. The summed E-state index contributed by atoms with van der Waals surface area (Å²) in [6.07, 6.45) is 18.1. The number of piperidine rings is 2. The Morgan fingerprint density at radius 1 is 1.00 bits per heavy atom. The zero-order valence-electron chi connectivity index (χ0n) is 22.6. The zero-order chi connectivity index (χ0) is 27.0. The Hall–Kier alpha value is -3.68. The van der Waals surface area contributed by atoms with Crippen LogP contribution in [0.25, 0.3) is 27.8 Å². The first-order valence-electron chi connectivity index (χ1n) is 13.5. The van der Waals surface area contributed by atoms with E-state index < -0.39 is 9.41 Å². The first-order chi connectivity index (χ1) is 18.9. The van der Waals surface area contributed by atoms with E-state index in [1.807, 2.05) is 18.6 Å². The summed E-state index contributed by atoms with van der Waals surface area (Å²) >= 11 is 0. The van der Waals surface area contributed by atoms with Crippen LogP contribution in [-0.4, -0.2) is 75.0 Å². The third-order valence-corrected chi connectivity index (χ3v) is 8.50. The lowest BCUT2D eigenvalue weighted by molar-refractivity contribution is 0.343. The van der Waals surface area contributed by atoms with Crippen LogP contribution in [-0.2, 0) is 9.41 Å². The molecule has 202 valence electrons. The van der Waals surface area contributed by atoms with Crippen LogP contribution in [0.1, 0.15) is 37.3 Å². The highest BCUT2D eigenvalue weighted by atomic mass is 32.2. The molecule has 0 bridgehead atoms. The number of hydrogen-bond donors (Lipinski definition) is 1. The summed E-state index contributed by atoms with van der Waals surface area (Å²) in [5.41, 5.74) is 5.29. The molecule has 4 aromatic heterocycles. The molecule has 0 amide bonds. The second kappa shape index (κ2) is 10.5. The first-order valence-corrected chi connectivity index (χ1v) is 16.1. The first kappa shape index (κ1) is 25.6. The summed E-state index contributed by atoms with van der Waals surface area (Å²) < 4.78 is 8.83. The molecular formula is C29H35N9S. The van der Waals surface area contributed by atoms with Crippen molar-refractivity contribution in [2.45, 2.75) is 37.8 Å². The van der Waals surface area contributed by atoms with Gasteiger partial charge >= 0.3 is 0 Å². The molecule has 0 radical (unpaired) electrons. The third-order valence-electron chi connectivity index (χ3n) is 7.63. The smallest absolute Gasteiger partial charge is 0.128 e. The van der Waals surface area contributed by atoms with Crippen LogP contribution >= 0.6 is 0 Å².